The van der Waals surface area contributed by atoms with Crippen LogP contribution in [0.4, 0.5) is 13.2 Å². The van der Waals surface area contributed by atoms with Crippen molar-refractivity contribution in [1.82, 2.24) is 14.0 Å². The van der Waals surface area contributed by atoms with Crippen molar-refractivity contribution >= 4 is 16.9 Å². The number of imidazole rings is 1. The van der Waals surface area contributed by atoms with Crippen molar-refractivity contribution in [3.63, 3.8) is 0 Å². The van der Waals surface area contributed by atoms with Crippen LogP contribution < -0.4 is 5.69 Å². The first-order valence-electron chi connectivity index (χ1n) is 8.35. The number of aromatic nitrogens is 2. The summed E-state index contributed by atoms with van der Waals surface area (Å²) in [5.74, 6) is -0.583. The van der Waals surface area contributed by atoms with Crippen LogP contribution >= 0.6 is 0 Å². The van der Waals surface area contributed by atoms with E-state index in [0.717, 1.165) is 0 Å². The number of carbonyl (C=O) groups excluding carboxylic acids is 1. The van der Waals surface area contributed by atoms with E-state index in [-0.39, 0.29) is 12.3 Å². The van der Waals surface area contributed by atoms with Gasteiger partial charge in [0, 0.05) is 6.54 Å². The van der Waals surface area contributed by atoms with Crippen LogP contribution in [0.5, 0.6) is 0 Å². The van der Waals surface area contributed by atoms with Crippen LogP contribution in [0.3, 0.4) is 0 Å². The maximum atomic E-state index is 12.9. The smallest absolute Gasteiger partial charge is 0.406 e. The van der Waals surface area contributed by atoms with Crippen LogP contribution in [-0.2, 0) is 24.4 Å². The van der Waals surface area contributed by atoms with Gasteiger partial charge in [0.2, 0.25) is 5.91 Å². The first kappa shape index (κ1) is 18.8. The zero-order valence-electron chi connectivity index (χ0n) is 14.6. The predicted octanol–water partition coefficient (Wildman–Crippen LogP) is 3.01. The second-order valence-corrected chi connectivity index (χ2v) is 6.05. The fourth-order valence-electron chi connectivity index (χ4n) is 3.01. The molecule has 144 valence electrons. The second kappa shape index (κ2) is 7.34. The first-order chi connectivity index (χ1) is 12.8. The molecule has 2 aromatic heterocycles. The number of hydrogen-bond donors (Lipinski definition) is 0. The third-order valence-corrected chi connectivity index (χ3v) is 4.18. The molecule has 0 aliphatic carbocycles. The van der Waals surface area contributed by atoms with Gasteiger partial charge in [0.1, 0.15) is 18.8 Å². The lowest BCUT2D eigenvalue weighted by Gasteiger charge is -2.23. The SMILES string of the molecule is CCn1c(=O)n(CC(=O)N(Cc2ccco2)CC(F)(F)F)c2ccccc21. The Bertz CT molecular complexity index is 987. The van der Waals surface area contributed by atoms with Crippen molar-refractivity contribution in [2.45, 2.75) is 32.7 Å². The van der Waals surface area contributed by atoms with Crippen molar-refractivity contribution in [3.05, 3.63) is 58.9 Å². The molecule has 0 bridgehead atoms. The Labute approximate surface area is 152 Å². The summed E-state index contributed by atoms with van der Waals surface area (Å²) in [6, 6.07) is 9.89. The van der Waals surface area contributed by atoms with Crippen LogP contribution in [0.1, 0.15) is 12.7 Å². The van der Waals surface area contributed by atoms with Gasteiger partial charge >= 0.3 is 11.9 Å². The second-order valence-electron chi connectivity index (χ2n) is 6.05. The Hall–Kier alpha value is -2.97. The van der Waals surface area contributed by atoms with Crippen LogP contribution in [-0.4, -0.2) is 32.7 Å². The molecular weight excluding hydrogens is 363 g/mol. The van der Waals surface area contributed by atoms with Gasteiger partial charge in [0.15, 0.2) is 0 Å². The summed E-state index contributed by atoms with van der Waals surface area (Å²) in [7, 11) is 0. The number of hydrogen-bond acceptors (Lipinski definition) is 3. The quantitative estimate of drug-likeness (QED) is 0.660. The van der Waals surface area contributed by atoms with E-state index >= 15 is 0 Å². The van der Waals surface area contributed by atoms with Gasteiger partial charge in [-0.25, -0.2) is 4.79 Å². The number of fused-ring (bicyclic) bond motifs is 1. The largest absolute Gasteiger partial charge is 0.467 e. The van der Waals surface area contributed by atoms with E-state index in [0.29, 0.717) is 22.5 Å². The summed E-state index contributed by atoms with van der Waals surface area (Å²) >= 11 is 0. The van der Waals surface area contributed by atoms with Crippen LogP contribution in [0, 0.1) is 0 Å². The zero-order chi connectivity index (χ0) is 19.6. The summed E-state index contributed by atoms with van der Waals surface area (Å²) in [6.07, 6.45) is -3.24. The molecule has 6 nitrogen and oxygen atoms in total. The molecular formula is C18H18F3N3O3. The van der Waals surface area contributed by atoms with Crippen LogP contribution in [0.2, 0.25) is 0 Å². The summed E-state index contributed by atoms with van der Waals surface area (Å²) in [4.78, 5) is 25.9. The number of halogens is 3. The summed E-state index contributed by atoms with van der Waals surface area (Å²) in [6.45, 7) is -0.0601. The fraction of sp³-hybridized carbons (Fsp3) is 0.333. The van der Waals surface area contributed by atoms with E-state index in [4.69, 9.17) is 4.42 Å². The van der Waals surface area contributed by atoms with Gasteiger partial charge < -0.3 is 9.32 Å². The van der Waals surface area contributed by atoms with E-state index in [9.17, 15) is 22.8 Å². The molecule has 0 aliphatic heterocycles. The molecule has 0 saturated carbocycles. The number of furan rings is 1. The number of rotatable bonds is 6. The minimum Gasteiger partial charge on any atom is -0.467 e. The molecule has 1 aromatic carbocycles. The average Bonchev–Trinajstić information content (AvgIpc) is 3.20. The Morgan fingerprint density at radius 3 is 2.33 bits per heavy atom. The van der Waals surface area contributed by atoms with Crippen molar-refractivity contribution in [2.24, 2.45) is 0 Å². The van der Waals surface area contributed by atoms with Gasteiger partial charge in [0.05, 0.1) is 23.8 Å². The summed E-state index contributed by atoms with van der Waals surface area (Å²) in [5, 5.41) is 0. The normalized spacial score (nSPS) is 11.9. The van der Waals surface area contributed by atoms with Crippen LogP contribution in [0.25, 0.3) is 11.0 Å². The molecule has 0 unspecified atom stereocenters. The maximum Gasteiger partial charge on any atom is 0.406 e. The number of benzene rings is 1. The molecule has 27 heavy (non-hydrogen) atoms. The van der Waals surface area contributed by atoms with Gasteiger partial charge in [-0.3, -0.25) is 13.9 Å². The number of amides is 1. The van der Waals surface area contributed by atoms with Crippen LogP contribution in [0.15, 0.2) is 51.9 Å². The molecule has 0 aliphatic rings. The lowest BCUT2D eigenvalue weighted by atomic mass is 10.3. The molecule has 0 spiro atoms. The van der Waals surface area contributed by atoms with E-state index in [1.54, 1.807) is 31.2 Å². The molecule has 0 atom stereocenters. The van der Waals surface area contributed by atoms with E-state index in [2.05, 4.69) is 0 Å². The van der Waals surface area contributed by atoms with Gasteiger partial charge in [-0.2, -0.15) is 13.2 Å². The van der Waals surface area contributed by atoms with Gasteiger partial charge in [-0.05, 0) is 31.2 Å². The average molecular weight is 381 g/mol. The lowest BCUT2D eigenvalue weighted by molar-refractivity contribution is -0.163. The monoisotopic (exact) mass is 381 g/mol. The Morgan fingerprint density at radius 1 is 1.11 bits per heavy atom. The summed E-state index contributed by atoms with van der Waals surface area (Å²) < 4.78 is 46.5. The summed E-state index contributed by atoms with van der Waals surface area (Å²) in [5.41, 5.74) is 0.700. The van der Waals surface area contributed by atoms with Gasteiger partial charge in [-0.1, -0.05) is 12.1 Å². The molecule has 3 aromatic rings. The van der Waals surface area contributed by atoms with Crippen molar-refractivity contribution < 1.29 is 22.4 Å². The topological polar surface area (TPSA) is 60.4 Å². The maximum absolute atomic E-state index is 12.9. The number of alkyl halides is 3. The molecule has 3 rings (SSSR count). The van der Waals surface area contributed by atoms with Gasteiger partial charge in [0.25, 0.3) is 0 Å². The Kier molecular flexibility index (Phi) is 5.11. The molecule has 0 N–H and O–H groups in total. The first-order valence-corrected chi connectivity index (χ1v) is 8.35. The molecule has 0 fully saturated rings. The molecule has 9 heteroatoms. The Balaban J connectivity index is 1.92. The minimum atomic E-state index is -4.56. The highest BCUT2D eigenvalue weighted by atomic mass is 19.4. The lowest BCUT2D eigenvalue weighted by Crippen LogP contribution is -2.41. The fourth-order valence-corrected chi connectivity index (χ4v) is 3.01. The predicted molar refractivity (Wildman–Crippen MR) is 92.1 cm³/mol. The number of aryl methyl sites for hydroxylation is 1. The minimum absolute atomic E-state index is 0.232. The number of carbonyl (C=O) groups is 1. The van der Waals surface area contributed by atoms with E-state index in [1.165, 1.54) is 27.5 Å². The van der Waals surface area contributed by atoms with Crippen molar-refractivity contribution in [2.75, 3.05) is 6.54 Å². The molecule has 0 saturated heterocycles. The van der Waals surface area contributed by atoms with Crippen molar-refractivity contribution in [3.8, 4) is 0 Å². The third-order valence-electron chi connectivity index (χ3n) is 4.18. The highest BCUT2D eigenvalue weighted by Crippen LogP contribution is 2.19. The third kappa shape index (κ3) is 4.07. The number of nitrogens with zero attached hydrogens (tertiary/aromatic N) is 3. The highest BCUT2D eigenvalue weighted by molar-refractivity contribution is 5.81. The van der Waals surface area contributed by atoms with Gasteiger partial charge in [-0.15, -0.1) is 0 Å². The molecule has 0 radical (unpaired) electrons. The highest BCUT2D eigenvalue weighted by Gasteiger charge is 2.33. The zero-order valence-corrected chi connectivity index (χ0v) is 14.6. The number of para-hydroxylation sites is 2. The molecule has 1 amide bonds. The van der Waals surface area contributed by atoms with E-state index < -0.39 is 30.9 Å². The molecule has 2 heterocycles. The standard InChI is InChI=1S/C18H18F3N3O3/c1-2-23-14-7-3-4-8-15(14)24(17(23)26)11-16(25)22(12-18(19,20)21)10-13-6-5-9-27-13/h3-9H,2,10-12H2,1H3. The van der Waals surface area contributed by atoms with E-state index in [1.807, 2.05) is 0 Å². The van der Waals surface area contributed by atoms with Crippen molar-refractivity contribution in [1.29, 1.82) is 0 Å². The Morgan fingerprint density at radius 2 is 1.78 bits per heavy atom.